The number of esters is 1. The van der Waals surface area contributed by atoms with E-state index in [1.165, 1.54) is 74.2 Å². The van der Waals surface area contributed by atoms with Crippen LogP contribution < -0.4 is 30.1 Å². The standard InChI is InChI=1S/C39H56Cl2N4O6S.C29H29Cl4N5O3S/c1-6-9-10-11-12-13-14-15-16-17-24-51-38(48)30-26-34(32(41)27-31(30)40)44-37(47)35(36(46)39(7-2)20-21-39)43-33-19-18-29(25-28(33)4)45(8-3)23-22-42-52(5,49)50;1-5-18(10-11-34-42(4,40)41)19-7-9-24(17(3)13-19)35-26-28(36-25-12-16(2)6-8-21(25)31)37-38(29(26)39)27-22(32)14-20(30)15-23(27)33/h18-19,25-27,42H,6-17,20-24H2,1-5H3,(H,44,47);6-9,12-15,18,34H,5,10-11H2,1-4H3,(H,36,37). The second-order valence-corrected chi connectivity index (χ2v) is 29.8. The van der Waals surface area contributed by atoms with Crippen molar-refractivity contribution in [1.29, 1.82) is 0 Å². The Morgan fingerprint density at radius 1 is 0.681 bits per heavy atom. The number of hydrogen-bond donors (Lipinski definition) is 4. The highest BCUT2D eigenvalue weighted by atomic mass is 35.5. The van der Waals surface area contributed by atoms with E-state index in [2.05, 4.69) is 44.0 Å². The third kappa shape index (κ3) is 22.7. The van der Waals surface area contributed by atoms with Crippen molar-refractivity contribution in [1.82, 2.24) is 14.9 Å². The molecule has 1 aliphatic heterocycles. The fourth-order valence-electron chi connectivity index (χ4n) is 10.6. The van der Waals surface area contributed by atoms with Gasteiger partial charge in [-0.2, -0.15) is 0 Å². The predicted octanol–water partition coefficient (Wildman–Crippen LogP) is 16.9. The normalized spacial score (nSPS) is 15.0. The number of likely N-dealkylation sites (N-methyl/N-ethyl adjacent to an activating group) is 1. The summed E-state index contributed by atoms with van der Waals surface area (Å²) in [5, 5.41) is 5.14. The number of unbranched alkanes of at least 4 members (excludes halogenated alkanes) is 9. The van der Waals surface area contributed by atoms with Gasteiger partial charge in [0.15, 0.2) is 23.0 Å². The molecule has 26 heteroatoms. The number of ketones is 1. The maximum absolute atomic E-state index is 13.8. The summed E-state index contributed by atoms with van der Waals surface area (Å²) >= 11 is 38.3. The Bertz CT molecular complexity index is 3860. The first kappa shape index (κ1) is 77.4. The molecule has 1 atom stereocenters. The highest BCUT2D eigenvalue weighted by Gasteiger charge is 2.51. The molecule has 4 N–H and O–H groups in total. The van der Waals surface area contributed by atoms with Crippen LogP contribution in [0.5, 0.6) is 0 Å². The van der Waals surface area contributed by atoms with Crippen LogP contribution in [0.2, 0.25) is 30.1 Å². The minimum absolute atomic E-state index is 0.0369. The molecular weight excluding hydrogens is 1360 g/mol. The maximum atomic E-state index is 13.8. The first-order valence-corrected chi connectivity index (χ1v) is 37.7. The van der Waals surface area contributed by atoms with Gasteiger partial charge in [-0.15, -0.1) is 0 Å². The van der Waals surface area contributed by atoms with Crippen LogP contribution in [0.1, 0.15) is 163 Å². The van der Waals surface area contributed by atoms with Crippen molar-refractivity contribution in [2.45, 2.75) is 151 Å². The molecule has 2 aliphatic rings. The first-order valence-electron chi connectivity index (χ1n) is 31.7. The summed E-state index contributed by atoms with van der Waals surface area (Å²) < 4.78 is 56.5. The zero-order chi connectivity index (χ0) is 69.1. The predicted molar refractivity (Wildman–Crippen MR) is 387 cm³/mol. The van der Waals surface area contributed by atoms with Crippen LogP contribution in [-0.2, 0) is 39.2 Å². The van der Waals surface area contributed by atoms with E-state index in [1.54, 1.807) is 18.2 Å². The van der Waals surface area contributed by atoms with Crippen LogP contribution in [0, 0.1) is 26.2 Å². The molecule has 1 heterocycles. The highest BCUT2D eigenvalue weighted by molar-refractivity contribution is 7.89. The lowest BCUT2D eigenvalue weighted by atomic mass is 9.92. The van der Waals surface area contributed by atoms with Gasteiger partial charge in [0, 0.05) is 42.3 Å². The number of aliphatic imine (C=N–C) groups is 3. The maximum Gasteiger partial charge on any atom is 0.339 e. The minimum Gasteiger partial charge on any atom is -0.462 e. The molecule has 1 saturated carbocycles. The Hall–Kier alpha value is -5.65. The number of nitrogens with zero attached hydrogens (tertiary/aromatic N) is 5. The molecule has 2 amide bonds. The monoisotopic (exact) mass is 1450 g/mol. The van der Waals surface area contributed by atoms with E-state index in [1.807, 2.05) is 75.9 Å². The fourth-order valence-corrected chi connectivity index (χ4v) is 13.2. The van der Waals surface area contributed by atoms with E-state index in [9.17, 15) is 36.0 Å². The number of aryl methyl sites for hydroxylation is 3. The number of hydrazine groups is 1. The van der Waals surface area contributed by atoms with Gasteiger partial charge in [-0.05, 0) is 155 Å². The van der Waals surface area contributed by atoms with Gasteiger partial charge in [0.05, 0.1) is 72.5 Å². The summed E-state index contributed by atoms with van der Waals surface area (Å²) in [5.41, 5.74) is 8.35. The lowest BCUT2D eigenvalue weighted by molar-refractivity contribution is -0.119. The summed E-state index contributed by atoms with van der Waals surface area (Å²) in [6, 6.07) is 22.3. The molecule has 2 fully saturated rings. The van der Waals surface area contributed by atoms with Crippen molar-refractivity contribution in [3.63, 3.8) is 0 Å². The van der Waals surface area contributed by atoms with Gasteiger partial charge in [0.25, 0.3) is 11.8 Å². The number of carbonyl (C=O) groups excluding carboxylic acids is 4. The number of carbonyl (C=O) groups is 4. The van der Waals surface area contributed by atoms with E-state index >= 15 is 0 Å². The van der Waals surface area contributed by atoms with Gasteiger partial charge >= 0.3 is 5.97 Å². The van der Waals surface area contributed by atoms with Crippen molar-refractivity contribution in [2.75, 3.05) is 60.5 Å². The van der Waals surface area contributed by atoms with Crippen LogP contribution >= 0.6 is 69.6 Å². The number of halogens is 6. The van der Waals surface area contributed by atoms with Crippen LogP contribution in [-0.4, -0.2) is 103 Å². The van der Waals surface area contributed by atoms with E-state index in [0.717, 1.165) is 66.1 Å². The molecule has 18 nitrogen and oxygen atoms in total. The van der Waals surface area contributed by atoms with E-state index < -0.39 is 43.2 Å². The van der Waals surface area contributed by atoms with Gasteiger partial charge in [-0.3, -0.25) is 19.8 Å². The fraction of sp³-hybridized carbons (Fsp3) is 0.456. The first-order chi connectivity index (χ1) is 44.5. The molecule has 5 aromatic carbocycles. The number of sulfonamides is 2. The number of anilines is 3. The number of Topliss-reactive ketones (excluding diaryl/α,β-unsaturated/α-hetero) is 1. The van der Waals surface area contributed by atoms with Crippen LogP contribution in [0.25, 0.3) is 0 Å². The summed E-state index contributed by atoms with van der Waals surface area (Å²) in [5.74, 6) is -1.94. The van der Waals surface area contributed by atoms with E-state index in [4.69, 9.17) is 79.3 Å². The summed E-state index contributed by atoms with van der Waals surface area (Å²) in [4.78, 5) is 70.5. The second kappa shape index (κ2) is 36.1. The second-order valence-electron chi connectivity index (χ2n) is 23.7. The number of benzene rings is 5. The number of hydrogen-bond acceptors (Lipinski definition) is 13. The van der Waals surface area contributed by atoms with Gasteiger partial charge in [0.1, 0.15) is 5.69 Å². The van der Waals surface area contributed by atoms with Crippen LogP contribution in [0.3, 0.4) is 0 Å². The molecule has 1 unspecified atom stereocenters. The van der Waals surface area contributed by atoms with Gasteiger partial charge in [-0.1, -0.05) is 166 Å². The Balaban J connectivity index is 0.000000304. The number of nitrogens with one attached hydrogen (secondary N) is 4. The van der Waals surface area contributed by atoms with Crippen molar-refractivity contribution >= 4 is 165 Å². The number of ether oxygens (including phenoxy) is 1. The molecule has 0 radical (unpaired) electrons. The molecule has 1 aliphatic carbocycles. The molecule has 0 aromatic heterocycles. The van der Waals surface area contributed by atoms with Crippen molar-refractivity contribution in [3.05, 3.63) is 137 Å². The highest BCUT2D eigenvalue weighted by Crippen LogP contribution is 2.50. The third-order valence-corrected chi connectivity index (χ3v) is 19.5. The van der Waals surface area contributed by atoms with Crippen molar-refractivity contribution in [3.8, 4) is 0 Å². The van der Waals surface area contributed by atoms with Crippen LogP contribution in [0.4, 0.5) is 34.1 Å². The van der Waals surface area contributed by atoms with Gasteiger partial charge in [0.2, 0.25) is 20.0 Å². The molecule has 5 aromatic rings. The Morgan fingerprint density at radius 2 is 1.30 bits per heavy atom. The van der Waals surface area contributed by atoms with Gasteiger partial charge in [-0.25, -0.2) is 51.1 Å². The van der Waals surface area contributed by atoms with Crippen molar-refractivity contribution in [2.24, 2.45) is 20.4 Å². The van der Waals surface area contributed by atoms with Gasteiger partial charge < -0.3 is 15.0 Å². The zero-order valence-electron chi connectivity index (χ0n) is 54.7. The smallest absolute Gasteiger partial charge is 0.339 e. The molecular formula is C68H85Cl6N9O9S2. The Kier molecular flexibility index (Phi) is 29.7. The quantitative estimate of drug-likeness (QED) is 0.0133. The zero-order valence-corrected chi connectivity index (χ0v) is 60.9. The topological polar surface area (TPSA) is 237 Å². The largest absolute Gasteiger partial charge is 0.462 e. The average Bonchev–Trinajstić information content (AvgIpc) is 1.61. The summed E-state index contributed by atoms with van der Waals surface area (Å²) in [6.07, 6.45) is 17.3. The van der Waals surface area contributed by atoms with Crippen molar-refractivity contribution < 1.29 is 40.8 Å². The molecule has 510 valence electrons. The summed E-state index contributed by atoms with van der Waals surface area (Å²) in [7, 11) is -6.57. The molecule has 94 heavy (non-hydrogen) atoms. The Labute approximate surface area is 584 Å². The molecule has 0 bridgehead atoms. The molecule has 0 spiro atoms. The average molecular weight is 1450 g/mol. The minimum atomic E-state index is -3.31. The van der Waals surface area contributed by atoms with Crippen LogP contribution in [0.15, 0.2) is 93.8 Å². The summed E-state index contributed by atoms with van der Waals surface area (Å²) in [6.45, 7) is 15.7. The SMILES string of the molecule is CCC(CCNS(C)(=O)=O)c1ccc(N=C2C(=O)N(c3c(Cl)cc(Cl)cc3Cl)NC2=Nc2cc(C)ccc2Cl)c(C)c1.CCCCCCCCCCCCOC(=O)c1cc(NC(=O)C(=Nc2ccc(N(CC)CCNS(C)(=O)=O)cc2C)C(=O)C2(CC)CC2)c(Cl)cc1Cl. The number of amides is 2. The lowest BCUT2D eigenvalue weighted by Gasteiger charge is -2.24. The number of amidine groups is 1. The Morgan fingerprint density at radius 3 is 1.88 bits per heavy atom. The lowest BCUT2D eigenvalue weighted by Crippen LogP contribution is -2.36. The number of rotatable bonds is 33. The molecule has 1 saturated heterocycles. The molecule has 7 rings (SSSR count). The third-order valence-electron chi connectivity index (χ3n) is 16.3. The van der Waals surface area contributed by atoms with E-state index in [-0.39, 0.29) is 79.1 Å². The van der Waals surface area contributed by atoms with E-state index in [0.29, 0.717) is 72.4 Å².